The predicted octanol–water partition coefficient (Wildman–Crippen LogP) is 1.93. The minimum atomic E-state index is 0. The fourth-order valence-electron chi connectivity index (χ4n) is 0.878. The Labute approximate surface area is 92.1 Å². The summed E-state index contributed by atoms with van der Waals surface area (Å²) in [4.78, 5) is 10.1. The number of rotatable bonds is 2. The molecule has 0 aromatic rings. The van der Waals surface area contributed by atoms with Gasteiger partial charge in [-0.3, -0.25) is 0 Å². The van der Waals surface area contributed by atoms with Crippen LogP contribution in [0.4, 0.5) is 0 Å². The molecular formula is C9H9OY-. The molecule has 0 bridgehead atoms. The van der Waals surface area contributed by atoms with Gasteiger partial charge in [-0.25, -0.2) is 6.08 Å². The van der Waals surface area contributed by atoms with E-state index in [2.05, 4.69) is 6.08 Å². The van der Waals surface area contributed by atoms with E-state index in [4.69, 9.17) is 0 Å². The van der Waals surface area contributed by atoms with E-state index in [-0.39, 0.29) is 32.7 Å². The van der Waals surface area contributed by atoms with Crippen molar-refractivity contribution in [2.24, 2.45) is 0 Å². The molecule has 0 N–H and O–H groups in total. The number of allylic oxidation sites excluding steroid dienone is 6. The standard InChI is InChI=1S/C9H9O.Y/c1-8(7-10)6-9-4-2-3-5-9;/h2-4,6H,5H2,1H3;/q-1;/b8-6-;. The third-order valence-electron chi connectivity index (χ3n) is 1.36. The van der Waals surface area contributed by atoms with Crippen LogP contribution in [0.25, 0.3) is 0 Å². The Balaban J connectivity index is 0.000001000. The van der Waals surface area contributed by atoms with E-state index in [0.717, 1.165) is 6.42 Å². The van der Waals surface area contributed by atoms with E-state index < -0.39 is 0 Å². The van der Waals surface area contributed by atoms with E-state index in [1.54, 1.807) is 6.92 Å². The topological polar surface area (TPSA) is 17.1 Å². The maximum Gasteiger partial charge on any atom is 0 e. The summed E-state index contributed by atoms with van der Waals surface area (Å²) in [5.41, 5.74) is 1.84. The summed E-state index contributed by atoms with van der Waals surface area (Å²) in [5.74, 6) is 0. The molecule has 0 unspecified atom stereocenters. The van der Waals surface area contributed by atoms with Gasteiger partial charge in [-0.2, -0.15) is 5.57 Å². The molecule has 1 aliphatic rings. The van der Waals surface area contributed by atoms with Crippen molar-refractivity contribution in [3.05, 3.63) is 35.5 Å². The second-order valence-electron chi connectivity index (χ2n) is 2.30. The second-order valence-corrected chi connectivity index (χ2v) is 2.30. The van der Waals surface area contributed by atoms with Crippen LogP contribution in [0.3, 0.4) is 0 Å². The number of hydrogen-bond donors (Lipinski definition) is 0. The van der Waals surface area contributed by atoms with Crippen molar-refractivity contribution < 1.29 is 37.5 Å². The molecule has 0 saturated heterocycles. The molecule has 1 nitrogen and oxygen atoms in total. The van der Waals surface area contributed by atoms with Crippen molar-refractivity contribution in [3.8, 4) is 0 Å². The van der Waals surface area contributed by atoms with Gasteiger partial charge in [0.1, 0.15) is 0 Å². The molecule has 0 amide bonds. The van der Waals surface area contributed by atoms with Crippen LogP contribution in [0.2, 0.25) is 0 Å². The van der Waals surface area contributed by atoms with E-state index in [1.807, 2.05) is 24.5 Å². The Morgan fingerprint density at radius 3 is 2.91 bits per heavy atom. The van der Waals surface area contributed by atoms with Crippen LogP contribution in [-0.4, -0.2) is 6.29 Å². The average molecular weight is 222 g/mol. The van der Waals surface area contributed by atoms with Gasteiger partial charge in [-0.1, -0.05) is 25.2 Å². The molecule has 55 valence electrons. The van der Waals surface area contributed by atoms with Crippen LogP contribution in [0.15, 0.2) is 35.5 Å². The van der Waals surface area contributed by atoms with Gasteiger partial charge >= 0.3 is 0 Å². The van der Waals surface area contributed by atoms with Gasteiger partial charge in [-0.05, 0) is 12.7 Å². The van der Waals surface area contributed by atoms with Crippen LogP contribution in [0, 0.1) is 0 Å². The van der Waals surface area contributed by atoms with Gasteiger partial charge in [0, 0.05) is 32.7 Å². The molecule has 0 aromatic carbocycles. The zero-order valence-electron chi connectivity index (χ0n) is 6.50. The van der Waals surface area contributed by atoms with Crippen LogP contribution in [-0.2, 0) is 37.5 Å². The zero-order chi connectivity index (χ0) is 7.40. The van der Waals surface area contributed by atoms with E-state index >= 15 is 0 Å². The Hall–Kier alpha value is -0.00610. The quantitative estimate of drug-likeness (QED) is 0.515. The van der Waals surface area contributed by atoms with Gasteiger partial charge < -0.3 is 4.79 Å². The van der Waals surface area contributed by atoms with Crippen LogP contribution < -0.4 is 0 Å². The summed E-state index contributed by atoms with van der Waals surface area (Å²) in [5, 5.41) is 0. The van der Waals surface area contributed by atoms with E-state index in [1.165, 1.54) is 5.57 Å². The second kappa shape index (κ2) is 5.62. The van der Waals surface area contributed by atoms with E-state index in [0.29, 0.717) is 5.57 Å². The molecule has 2 heteroatoms. The van der Waals surface area contributed by atoms with Gasteiger partial charge in [0.25, 0.3) is 0 Å². The van der Waals surface area contributed by atoms with Crippen molar-refractivity contribution in [3.63, 3.8) is 0 Å². The number of carbonyl (C=O) groups excluding carboxylic acids is 1. The average Bonchev–Trinajstić information content (AvgIpc) is 2.40. The Morgan fingerprint density at radius 1 is 1.73 bits per heavy atom. The van der Waals surface area contributed by atoms with Crippen LogP contribution in [0.1, 0.15) is 13.3 Å². The molecule has 0 spiro atoms. The maximum atomic E-state index is 10.1. The summed E-state index contributed by atoms with van der Waals surface area (Å²) in [6.45, 7) is 1.76. The van der Waals surface area contributed by atoms with Crippen molar-refractivity contribution in [2.45, 2.75) is 13.3 Å². The Kier molecular flexibility index (Phi) is 5.62. The third kappa shape index (κ3) is 3.78. The molecule has 0 aromatic heterocycles. The van der Waals surface area contributed by atoms with Crippen LogP contribution >= 0.6 is 0 Å². The molecule has 1 aliphatic carbocycles. The van der Waals surface area contributed by atoms with Gasteiger partial charge in [0.15, 0.2) is 0 Å². The molecule has 11 heavy (non-hydrogen) atoms. The molecule has 0 saturated carbocycles. The fraction of sp³-hybridized carbons (Fsp3) is 0.222. The minimum absolute atomic E-state index is 0. The van der Waals surface area contributed by atoms with Crippen molar-refractivity contribution >= 4 is 6.29 Å². The monoisotopic (exact) mass is 222 g/mol. The largest absolute Gasteiger partial charge is 0.419 e. The van der Waals surface area contributed by atoms with Gasteiger partial charge in [0.05, 0.1) is 0 Å². The summed E-state index contributed by atoms with van der Waals surface area (Å²) in [6, 6.07) is 0. The molecular weight excluding hydrogens is 213 g/mol. The first-order valence-corrected chi connectivity index (χ1v) is 3.25. The van der Waals surface area contributed by atoms with Crippen LogP contribution in [0.5, 0.6) is 0 Å². The molecule has 0 heterocycles. The molecule has 1 rings (SSSR count). The number of hydrogen-bond acceptors (Lipinski definition) is 1. The first-order chi connectivity index (χ1) is 4.83. The van der Waals surface area contributed by atoms with Crippen molar-refractivity contribution in [1.29, 1.82) is 0 Å². The Morgan fingerprint density at radius 2 is 2.45 bits per heavy atom. The minimum Gasteiger partial charge on any atom is -0.419 e. The summed E-state index contributed by atoms with van der Waals surface area (Å²) >= 11 is 0. The first-order valence-electron chi connectivity index (χ1n) is 3.25. The fourth-order valence-corrected chi connectivity index (χ4v) is 0.878. The Bertz CT molecular complexity index is 224. The van der Waals surface area contributed by atoms with Crippen molar-refractivity contribution in [2.75, 3.05) is 0 Å². The normalized spacial score (nSPS) is 15.7. The summed E-state index contributed by atoms with van der Waals surface area (Å²) in [7, 11) is 0. The van der Waals surface area contributed by atoms with E-state index in [9.17, 15) is 4.79 Å². The molecule has 0 atom stereocenters. The summed E-state index contributed by atoms with van der Waals surface area (Å²) < 4.78 is 0. The maximum absolute atomic E-state index is 10.1. The van der Waals surface area contributed by atoms with Gasteiger partial charge in [0.2, 0.25) is 0 Å². The molecule has 0 fully saturated rings. The molecule has 0 aliphatic heterocycles. The van der Waals surface area contributed by atoms with Crippen molar-refractivity contribution in [1.82, 2.24) is 0 Å². The predicted molar refractivity (Wildman–Crippen MR) is 41.3 cm³/mol. The zero-order valence-corrected chi connectivity index (χ0v) is 9.34. The summed E-state index contributed by atoms with van der Waals surface area (Å²) in [6.07, 6.45) is 10.7. The smallest absolute Gasteiger partial charge is 0 e. The SMILES string of the molecule is C/C([C-]=O)=C/C1=CC=CC1.[Y]. The first kappa shape index (κ1) is 11.0. The third-order valence-corrected chi connectivity index (χ3v) is 1.36. The molecule has 1 radical (unpaired) electrons. The van der Waals surface area contributed by atoms with Gasteiger partial charge in [-0.15, -0.1) is 5.57 Å².